The highest BCUT2D eigenvalue weighted by Crippen LogP contribution is 2.45. The predicted molar refractivity (Wildman–Crippen MR) is 163 cm³/mol. The Hall–Kier alpha value is -4.43. The summed E-state index contributed by atoms with van der Waals surface area (Å²) < 4.78 is 12.5. The second-order valence-electron chi connectivity index (χ2n) is 9.99. The second kappa shape index (κ2) is 12.0. The van der Waals surface area contributed by atoms with Crippen LogP contribution in [0.1, 0.15) is 48.1 Å². The molecule has 0 saturated heterocycles. The lowest BCUT2D eigenvalue weighted by atomic mass is 9.95. The number of methoxy groups -OCH3 is 1. The Balaban J connectivity index is 1.61. The van der Waals surface area contributed by atoms with Crippen LogP contribution in [0.5, 0.6) is 11.5 Å². The summed E-state index contributed by atoms with van der Waals surface area (Å²) in [6.45, 7) is 6.61. The molecule has 1 aliphatic heterocycles. The first kappa shape index (κ1) is 28.1. The number of benzene rings is 3. The molecule has 3 aromatic carbocycles. The van der Waals surface area contributed by atoms with E-state index in [1.807, 2.05) is 56.3 Å². The van der Waals surface area contributed by atoms with Crippen LogP contribution in [0.15, 0.2) is 78.1 Å². The highest BCUT2D eigenvalue weighted by atomic mass is 32.1. The Kier molecular flexibility index (Phi) is 8.21. The van der Waals surface area contributed by atoms with Gasteiger partial charge in [-0.25, -0.2) is 4.98 Å². The predicted octanol–water partition coefficient (Wildman–Crippen LogP) is 7.28. The van der Waals surface area contributed by atoms with Crippen LogP contribution in [-0.4, -0.2) is 35.5 Å². The van der Waals surface area contributed by atoms with Gasteiger partial charge in [0.25, 0.3) is 5.91 Å². The minimum atomic E-state index is -0.920. The van der Waals surface area contributed by atoms with Crippen LogP contribution in [0.25, 0.3) is 16.3 Å². The standard InChI is InChI=1S/C33H32N2O5S/c1-5-6-16-40-25-15-13-23(19-26(25)39-4)30-28(24(36)14-12-22-10-8-7-9-11-22)31(37)32(38)35(30)33-34-29-21(3)17-20(2)18-27(29)41-33/h7-15,17-19,30,37H,5-6,16H2,1-4H3. The lowest BCUT2D eigenvalue weighted by molar-refractivity contribution is -0.117. The number of aryl methyl sites for hydroxylation is 2. The number of carbonyl (C=O) groups is 2. The number of hydrogen-bond donors (Lipinski definition) is 1. The molecule has 210 valence electrons. The number of amides is 1. The number of rotatable bonds is 10. The van der Waals surface area contributed by atoms with Crippen LogP contribution in [0.3, 0.4) is 0 Å². The molecule has 0 fully saturated rings. The van der Waals surface area contributed by atoms with Crippen molar-refractivity contribution < 1.29 is 24.2 Å². The highest BCUT2D eigenvalue weighted by Gasteiger charge is 2.45. The largest absolute Gasteiger partial charge is 0.503 e. The van der Waals surface area contributed by atoms with E-state index in [4.69, 9.17) is 14.5 Å². The lowest BCUT2D eigenvalue weighted by Crippen LogP contribution is -2.30. The SMILES string of the molecule is CCCCOc1ccc(C2C(C(=O)C=Cc3ccccc3)=C(O)C(=O)N2c2nc3c(C)cc(C)cc3s2)cc1OC. The third-order valence-electron chi connectivity index (χ3n) is 6.98. The molecular weight excluding hydrogens is 536 g/mol. The summed E-state index contributed by atoms with van der Waals surface area (Å²) in [5.74, 6) is -0.701. The van der Waals surface area contributed by atoms with Gasteiger partial charge in [0, 0.05) is 0 Å². The number of hydrogen-bond acceptors (Lipinski definition) is 7. The van der Waals surface area contributed by atoms with Crippen molar-refractivity contribution in [1.82, 2.24) is 4.98 Å². The number of unbranched alkanes of at least 4 members (excludes halogenated alkanes) is 1. The molecule has 7 nitrogen and oxygen atoms in total. The van der Waals surface area contributed by atoms with Gasteiger partial charge in [-0.15, -0.1) is 0 Å². The zero-order valence-electron chi connectivity index (χ0n) is 23.5. The smallest absolute Gasteiger partial charge is 0.296 e. The summed E-state index contributed by atoms with van der Waals surface area (Å²) in [6.07, 6.45) is 4.94. The van der Waals surface area contributed by atoms with Crippen molar-refractivity contribution in [2.45, 2.75) is 39.7 Å². The fourth-order valence-corrected chi connectivity index (χ4v) is 6.13. The molecule has 0 spiro atoms. The van der Waals surface area contributed by atoms with Crippen LogP contribution in [0, 0.1) is 13.8 Å². The number of nitrogens with zero attached hydrogens (tertiary/aromatic N) is 2. The molecule has 4 aromatic rings. The molecule has 1 N–H and O–H groups in total. The number of ketones is 1. The van der Waals surface area contributed by atoms with Crippen molar-refractivity contribution >= 4 is 44.5 Å². The number of carbonyl (C=O) groups excluding carboxylic acids is 2. The first-order valence-corrected chi connectivity index (χ1v) is 14.4. The van der Waals surface area contributed by atoms with Gasteiger partial charge in [0.05, 0.1) is 35.5 Å². The first-order chi connectivity index (χ1) is 19.8. The molecular formula is C33H32N2O5S. The van der Waals surface area contributed by atoms with Crippen molar-refractivity contribution in [1.29, 1.82) is 0 Å². The second-order valence-corrected chi connectivity index (χ2v) is 11.0. The van der Waals surface area contributed by atoms with E-state index in [2.05, 4.69) is 6.92 Å². The number of aromatic nitrogens is 1. The van der Waals surface area contributed by atoms with E-state index in [0.717, 1.165) is 39.7 Å². The van der Waals surface area contributed by atoms with Crippen molar-refractivity contribution in [3.63, 3.8) is 0 Å². The molecule has 8 heteroatoms. The molecule has 1 amide bonds. The normalized spacial score (nSPS) is 15.4. The highest BCUT2D eigenvalue weighted by molar-refractivity contribution is 7.22. The van der Waals surface area contributed by atoms with Gasteiger partial charge in [-0.05, 0) is 66.8 Å². The zero-order chi connectivity index (χ0) is 29.1. The average Bonchev–Trinajstić information content (AvgIpc) is 3.51. The number of allylic oxidation sites excluding steroid dienone is 1. The number of aliphatic hydroxyl groups excluding tert-OH is 1. The molecule has 1 atom stereocenters. The number of fused-ring (bicyclic) bond motifs is 1. The Morgan fingerprint density at radius 3 is 2.61 bits per heavy atom. The van der Waals surface area contributed by atoms with Crippen LogP contribution in [-0.2, 0) is 9.59 Å². The number of thiazole rings is 1. The van der Waals surface area contributed by atoms with Crippen molar-refractivity contribution in [3.05, 3.63) is 100 Å². The van der Waals surface area contributed by atoms with Crippen LogP contribution in [0.2, 0.25) is 0 Å². The van der Waals surface area contributed by atoms with Gasteiger partial charge in [-0.2, -0.15) is 0 Å². The molecule has 0 radical (unpaired) electrons. The molecule has 1 aromatic heterocycles. The summed E-state index contributed by atoms with van der Waals surface area (Å²) in [5, 5.41) is 11.5. The van der Waals surface area contributed by atoms with Gasteiger partial charge in [0.1, 0.15) is 0 Å². The fourth-order valence-electron chi connectivity index (χ4n) is 4.96. The first-order valence-electron chi connectivity index (χ1n) is 13.5. The van der Waals surface area contributed by atoms with Gasteiger partial charge >= 0.3 is 0 Å². The lowest BCUT2D eigenvalue weighted by Gasteiger charge is -2.25. The molecule has 1 unspecified atom stereocenters. The quantitative estimate of drug-likeness (QED) is 0.160. The van der Waals surface area contributed by atoms with E-state index < -0.39 is 23.5 Å². The van der Waals surface area contributed by atoms with Gasteiger partial charge in [-0.3, -0.25) is 14.5 Å². The third kappa shape index (κ3) is 5.60. The molecule has 1 aliphatic rings. The van der Waals surface area contributed by atoms with Crippen molar-refractivity contribution in [2.75, 3.05) is 18.6 Å². The van der Waals surface area contributed by atoms with Crippen LogP contribution < -0.4 is 14.4 Å². The number of ether oxygens (including phenoxy) is 2. The van der Waals surface area contributed by atoms with Crippen molar-refractivity contribution in [3.8, 4) is 11.5 Å². The average molecular weight is 569 g/mol. The minimum Gasteiger partial charge on any atom is -0.503 e. The van der Waals surface area contributed by atoms with E-state index in [-0.39, 0.29) is 5.57 Å². The monoisotopic (exact) mass is 568 g/mol. The Morgan fingerprint density at radius 2 is 1.88 bits per heavy atom. The Bertz CT molecular complexity index is 1670. The minimum absolute atomic E-state index is 0.0176. The zero-order valence-corrected chi connectivity index (χ0v) is 24.3. The molecule has 0 saturated carbocycles. The molecule has 0 bridgehead atoms. The van der Waals surface area contributed by atoms with E-state index >= 15 is 0 Å². The molecule has 0 aliphatic carbocycles. The van der Waals surface area contributed by atoms with Crippen LogP contribution >= 0.6 is 11.3 Å². The molecule has 5 rings (SSSR count). The topological polar surface area (TPSA) is 89.0 Å². The van der Waals surface area contributed by atoms with E-state index in [1.165, 1.54) is 22.3 Å². The van der Waals surface area contributed by atoms with E-state index in [9.17, 15) is 14.7 Å². The Morgan fingerprint density at radius 1 is 1.10 bits per heavy atom. The summed E-state index contributed by atoms with van der Waals surface area (Å²) in [4.78, 5) is 33.5. The summed E-state index contributed by atoms with van der Waals surface area (Å²) in [6, 6.07) is 17.8. The molecule has 2 heterocycles. The van der Waals surface area contributed by atoms with E-state index in [1.54, 1.807) is 31.4 Å². The maximum absolute atomic E-state index is 13.7. The fraction of sp³-hybridized carbons (Fsp3) is 0.242. The Labute approximate surface area is 243 Å². The number of anilines is 1. The van der Waals surface area contributed by atoms with Gasteiger partial charge in [-0.1, -0.05) is 73.2 Å². The summed E-state index contributed by atoms with van der Waals surface area (Å²) >= 11 is 1.35. The number of aliphatic hydroxyl groups is 1. The summed E-state index contributed by atoms with van der Waals surface area (Å²) in [7, 11) is 1.55. The maximum atomic E-state index is 13.7. The summed E-state index contributed by atoms with van der Waals surface area (Å²) in [5.41, 5.74) is 4.25. The third-order valence-corrected chi connectivity index (χ3v) is 7.99. The van der Waals surface area contributed by atoms with Gasteiger partial charge in [0.2, 0.25) is 0 Å². The van der Waals surface area contributed by atoms with Gasteiger partial charge in [0.15, 0.2) is 28.2 Å². The van der Waals surface area contributed by atoms with Crippen LogP contribution in [0.4, 0.5) is 5.13 Å². The van der Waals surface area contributed by atoms with E-state index in [0.29, 0.717) is 28.8 Å². The van der Waals surface area contributed by atoms with Gasteiger partial charge < -0.3 is 14.6 Å². The molecule has 41 heavy (non-hydrogen) atoms. The maximum Gasteiger partial charge on any atom is 0.296 e. The van der Waals surface area contributed by atoms with Crippen molar-refractivity contribution in [2.24, 2.45) is 0 Å².